The molecule has 1 aliphatic carbocycles. The molecule has 3 aromatic rings. The smallest absolute Gasteiger partial charge is 0.337 e. The van der Waals surface area contributed by atoms with Crippen molar-refractivity contribution >= 4 is 17.3 Å². The van der Waals surface area contributed by atoms with E-state index in [2.05, 4.69) is 64.6 Å². The summed E-state index contributed by atoms with van der Waals surface area (Å²) >= 11 is 0. The van der Waals surface area contributed by atoms with E-state index in [0.29, 0.717) is 18.0 Å². The first kappa shape index (κ1) is 19.1. The molecule has 0 bridgehead atoms. The second kappa shape index (κ2) is 8.43. The first-order chi connectivity index (χ1) is 14.1. The Morgan fingerprint density at radius 3 is 2.76 bits per heavy atom. The average Bonchev–Trinajstić information content (AvgIpc) is 2.77. The SMILES string of the molecule is CN(c1ccccc1)c1ccc2c(c1)CCC[C@H]2CCc1nnccc1C(=O)O. The first-order valence-corrected chi connectivity index (χ1v) is 10.1. The van der Waals surface area contributed by atoms with Gasteiger partial charge in [0, 0.05) is 18.4 Å². The summed E-state index contributed by atoms with van der Waals surface area (Å²) in [6.07, 6.45) is 6.33. The van der Waals surface area contributed by atoms with Gasteiger partial charge in [-0.15, -0.1) is 0 Å². The van der Waals surface area contributed by atoms with Gasteiger partial charge in [-0.3, -0.25) is 0 Å². The molecule has 5 heteroatoms. The number of anilines is 2. The van der Waals surface area contributed by atoms with Gasteiger partial charge in [0.1, 0.15) is 0 Å². The molecule has 0 unspecified atom stereocenters. The fourth-order valence-electron chi connectivity index (χ4n) is 4.26. The Labute approximate surface area is 171 Å². The molecule has 0 saturated heterocycles. The van der Waals surface area contributed by atoms with Crippen LogP contribution in [0.2, 0.25) is 0 Å². The van der Waals surface area contributed by atoms with Crippen LogP contribution in [0.4, 0.5) is 11.4 Å². The van der Waals surface area contributed by atoms with Gasteiger partial charge in [0.15, 0.2) is 0 Å². The van der Waals surface area contributed by atoms with Gasteiger partial charge < -0.3 is 10.0 Å². The van der Waals surface area contributed by atoms with Crippen LogP contribution in [0.5, 0.6) is 0 Å². The maximum Gasteiger partial charge on any atom is 0.337 e. The molecular formula is C24H25N3O2. The molecule has 1 aromatic heterocycles. The van der Waals surface area contributed by atoms with E-state index in [1.165, 1.54) is 34.8 Å². The monoisotopic (exact) mass is 387 g/mol. The van der Waals surface area contributed by atoms with Gasteiger partial charge in [-0.05, 0) is 79.5 Å². The third-order valence-electron chi connectivity index (χ3n) is 5.85. The number of carboxylic acid groups (broad SMARTS) is 1. The molecule has 2 aromatic carbocycles. The molecule has 1 aliphatic rings. The van der Waals surface area contributed by atoms with E-state index in [-0.39, 0.29) is 5.56 Å². The van der Waals surface area contributed by atoms with Gasteiger partial charge in [0.2, 0.25) is 0 Å². The molecule has 4 rings (SSSR count). The Bertz CT molecular complexity index is 1000. The number of aromatic carboxylic acids is 1. The lowest BCUT2D eigenvalue weighted by Crippen LogP contribution is -2.15. The fraction of sp³-hybridized carbons (Fsp3) is 0.292. The van der Waals surface area contributed by atoms with Crippen LogP contribution in [0.1, 0.15) is 52.4 Å². The first-order valence-electron chi connectivity index (χ1n) is 10.1. The van der Waals surface area contributed by atoms with Crippen LogP contribution >= 0.6 is 0 Å². The third kappa shape index (κ3) is 4.14. The Morgan fingerprint density at radius 1 is 1.14 bits per heavy atom. The molecule has 1 heterocycles. The van der Waals surface area contributed by atoms with Crippen LogP contribution in [-0.2, 0) is 12.8 Å². The van der Waals surface area contributed by atoms with Crippen molar-refractivity contribution in [2.75, 3.05) is 11.9 Å². The van der Waals surface area contributed by atoms with Gasteiger partial charge in [-0.1, -0.05) is 24.3 Å². The molecule has 5 nitrogen and oxygen atoms in total. The highest BCUT2D eigenvalue weighted by Crippen LogP contribution is 2.37. The molecule has 1 atom stereocenters. The number of benzene rings is 2. The Kier molecular flexibility index (Phi) is 5.56. The summed E-state index contributed by atoms with van der Waals surface area (Å²) in [5.41, 5.74) is 5.99. The van der Waals surface area contributed by atoms with Crippen LogP contribution in [0.3, 0.4) is 0 Å². The van der Waals surface area contributed by atoms with Crippen LogP contribution in [-0.4, -0.2) is 28.3 Å². The van der Waals surface area contributed by atoms with Crippen molar-refractivity contribution < 1.29 is 9.90 Å². The van der Waals surface area contributed by atoms with Gasteiger partial charge in [0.05, 0.1) is 17.5 Å². The summed E-state index contributed by atoms with van der Waals surface area (Å²) in [5.74, 6) is -0.508. The molecule has 0 amide bonds. The zero-order chi connectivity index (χ0) is 20.2. The highest BCUT2D eigenvalue weighted by Gasteiger charge is 2.22. The van der Waals surface area contributed by atoms with Crippen LogP contribution < -0.4 is 4.90 Å². The van der Waals surface area contributed by atoms with Crippen LogP contribution in [0, 0.1) is 0 Å². The fourth-order valence-corrected chi connectivity index (χ4v) is 4.26. The van der Waals surface area contributed by atoms with E-state index >= 15 is 0 Å². The van der Waals surface area contributed by atoms with Gasteiger partial charge in [-0.2, -0.15) is 10.2 Å². The van der Waals surface area contributed by atoms with E-state index in [0.717, 1.165) is 25.7 Å². The minimum absolute atomic E-state index is 0.260. The molecule has 1 N–H and O–H groups in total. The van der Waals surface area contributed by atoms with Crippen LogP contribution in [0.25, 0.3) is 0 Å². The van der Waals surface area contributed by atoms with E-state index in [4.69, 9.17) is 0 Å². The lowest BCUT2D eigenvalue weighted by Gasteiger charge is -2.28. The van der Waals surface area contributed by atoms with Gasteiger partial charge >= 0.3 is 5.97 Å². The molecule has 148 valence electrons. The maximum absolute atomic E-state index is 11.4. The second-order valence-corrected chi connectivity index (χ2v) is 7.60. The Morgan fingerprint density at radius 2 is 1.97 bits per heavy atom. The zero-order valence-electron chi connectivity index (χ0n) is 16.6. The summed E-state index contributed by atoms with van der Waals surface area (Å²) in [6.45, 7) is 0. The molecule has 0 saturated carbocycles. The third-order valence-corrected chi connectivity index (χ3v) is 5.85. The second-order valence-electron chi connectivity index (χ2n) is 7.60. The minimum Gasteiger partial charge on any atom is -0.478 e. The number of fused-ring (bicyclic) bond motifs is 1. The lowest BCUT2D eigenvalue weighted by atomic mass is 9.80. The Hall–Kier alpha value is -3.21. The zero-order valence-corrected chi connectivity index (χ0v) is 16.6. The van der Waals surface area contributed by atoms with Gasteiger partial charge in [0.25, 0.3) is 0 Å². The highest BCUT2D eigenvalue weighted by molar-refractivity contribution is 5.88. The van der Waals surface area contributed by atoms with Crippen molar-refractivity contribution in [1.82, 2.24) is 10.2 Å². The van der Waals surface area contributed by atoms with E-state index < -0.39 is 5.97 Å². The van der Waals surface area contributed by atoms with Crippen molar-refractivity contribution in [2.24, 2.45) is 0 Å². The van der Waals surface area contributed by atoms with E-state index in [1.54, 1.807) is 0 Å². The largest absolute Gasteiger partial charge is 0.478 e. The summed E-state index contributed by atoms with van der Waals surface area (Å²) < 4.78 is 0. The molecule has 0 fully saturated rings. The summed E-state index contributed by atoms with van der Waals surface area (Å²) in [4.78, 5) is 13.6. The molecule has 0 aliphatic heterocycles. The number of carboxylic acids is 1. The molecule has 0 radical (unpaired) electrons. The summed E-state index contributed by atoms with van der Waals surface area (Å²) in [7, 11) is 2.10. The predicted molar refractivity (Wildman–Crippen MR) is 114 cm³/mol. The van der Waals surface area contributed by atoms with Crippen molar-refractivity contribution in [3.8, 4) is 0 Å². The van der Waals surface area contributed by atoms with Crippen molar-refractivity contribution in [2.45, 2.75) is 38.0 Å². The minimum atomic E-state index is -0.937. The topological polar surface area (TPSA) is 66.3 Å². The van der Waals surface area contributed by atoms with E-state index in [9.17, 15) is 9.90 Å². The average molecular weight is 387 g/mol. The number of aryl methyl sites for hydroxylation is 2. The lowest BCUT2D eigenvalue weighted by molar-refractivity contribution is 0.0694. The van der Waals surface area contributed by atoms with Crippen molar-refractivity contribution in [3.63, 3.8) is 0 Å². The van der Waals surface area contributed by atoms with Gasteiger partial charge in [-0.25, -0.2) is 4.79 Å². The highest BCUT2D eigenvalue weighted by atomic mass is 16.4. The molecule has 29 heavy (non-hydrogen) atoms. The number of para-hydroxylation sites is 1. The number of carbonyl (C=O) groups is 1. The standard InChI is InChI=1S/C24H25N3O2/c1-27(19-8-3-2-4-9-19)20-11-12-21-17(6-5-7-18(21)16-20)10-13-23-22(24(28)29)14-15-25-26-23/h2-4,8-9,11-12,14-17H,5-7,10,13H2,1H3,(H,28,29)/t17-/m0/s1. The number of nitrogens with zero attached hydrogens (tertiary/aromatic N) is 3. The normalized spacial score (nSPS) is 15.6. The quantitative estimate of drug-likeness (QED) is 0.645. The number of hydrogen-bond acceptors (Lipinski definition) is 4. The maximum atomic E-state index is 11.4. The Balaban J connectivity index is 1.53. The molecule has 0 spiro atoms. The predicted octanol–water partition coefficient (Wildman–Crippen LogP) is 5.00. The van der Waals surface area contributed by atoms with Crippen molar-refractivity contribution in [3.05, 3.63) is 83.2 Å². The number of aromatic nitrogens is 2. The van der Waals surface area contributed by atoms with E-state index in [1.807, 2.05) is 6.07 Å². The van der Waals surface area contributed by atoms with Crippen molar-refractivity contribution in [1.29, 1.82) is 0 Å². The summed E-state index contributed by atoms with van der Waals surface area (Å²) in [5, 5.41) is 17.3. The number of hydrogen-bond donors (Lipinski definition) is 1. The molecular weight excluding hydrogens is 362 g/mol. The number of rotatable bonds is 6. The summed E-state index contributed by atoms with van der Waals surface area (Å²) in [6, 6.07) is 18.6. The van der Waals surface area contributed by atoms with Crippen LogP contribution in [0.15, 0.2) is 60.8 Å².